The fourth-order valence-corrected chi connectivity index (χ4v) is 3.08. The van der Waals surface area contributed by atoms with Crippen LogP contribution >= 0.6 is 11.3 Å². The molecule has 0 unspecified atom stereocenters. The molecule has 0 aliphatic carbocycles. The second kappa shape index (κ2) is 7.23. The largest absolute Gasteiger partial charge is 0.338 e. The van der Waals surface area contributed by atoms with E-state index in [0.717, 1.165) is 21.3 Å². The number of benzene rings is 2. The molecule has 1 heterocycles. The van der Waals surface area contributed by atoms with E-state index in [-0.39, 0.29) is 11.8 Å². The molecule has 0 aliphatic rings. The van der Waals surface area contributed by atoms with E-state index >= 15 is 0 Å². The van der Waals surface area contributed by atoms with Gasteiger partial charge in [0.25, 0.3) is 0 Å². The number of thiazole rings is 1. The number of amides is 2. The van der Waals surface area contributed by atoms with Crippen molar-refractivity contribution < 1.29 is 9.18 Å². The van der Waals surface area contributed by atoms with Gasteiger partial charge in [0.2, 0.25) is 0 Å². The Kier molecular flexibility index (Phi) is 4.86. The minimum atomic E-state index is -0.256. The molecule has 0 atom stereocenters. The number of carbonyl (C=O) groups is 1. The molecule has 0 aliphatic heterocycles. The molecule has 0 fully saturated rings. The lowest BCUT2D eigenvalue weighted by atomic mass is 10.1. The first-order chi connectivity index (χ1) is 11.6. The number of hydrogen-bond acceptors (Lipinski definition) is 3. The molecule has 3 aromatic rings. The zero-order valence-electron chi connectivity index (χ0n) is 13.0. The monoisotopic (exact) mass is 341 g/mol. The van der Waals surface area contributed by atoms with Crippen LogP contribution in [-0.4, -0.2) is 17.6 Å². The molecule has 6 heteroatoms. The van der Waals surface area contributed by atoms with E-state index in [1.54, 1.807) is 12.1 Å². The number of fused-ring (bicyclic) bond motifs is 1. The molecule has 2 amide bonds. The van der Waals surface area contributed by atoms with Gasteiger partial charge in [0, 0.05) is 6.54 Å². The van der Waals surface area contributed by atoms with E-state index in [1.807, 2.05) is 37.3 Å². The standard InChI is InChI=1S/C18H16FN3OS/c1-2-20-17(23)22-18-21-15-10-7-13(11-16(15)24-18)4-3-12-5-8-14(19)9-6-12/h3-11H,2H2,1H3,(H2,20,21,22,23)/b4-3-. The Morgan fingerprint density at radius 1 is 1.17 bits per heavy atom. The number of nitrogens with zero attached hydrogens (tertiary/aromatic N) is 1. The van der Waals surface area contributed by atoms with Crippen molar-refractivity contribution in [2.75, 3.05) is 11.9 Å². The van der Waals surface area contributed by atoms with Gasteiger partial charge in [-0.25, -0.2) is 14.2 Å². The van der Waals surface area contributed by atoms with Gasteiger partial charge in [-0.05, 0) is 42.3 Å². The number of carbonyl (C=O) groups excluding carboxylic acids is 1. The summed E-state index contributed by atoms with van der Waals surface area (Å²) in [6.07, 6.45) is 3.89. The fraction of sp³-hybridized carbons (Fsp3) is 0.111. The smallest absolute Gasteiger partial charge is 0.321 e. The second-order valence-corrected chi connectivity index (χ2v) is 6.15. The molecule has 0 radical (unpaired) electrons. The molecule has 122 valence electrons. The summed E-state index contributed by atoms with van der Waals surface area (Å²) in [7, 11) is 0. The van der Waals surface area contributed by atoms with Gasteiger partial charge in [-0.2, -0.15) is 0 Å². The Hall–Kier alpha value is -2.73. The number of urea groups is 1. The van der Waals surface area contributed by atoms with Crippen molar-refractivity contribution in [3.63, 3.8) is 0 Å². The lowest BCUT2D eigenvalue weighted by molar-refractivity contribution is 0.252. The van der Waals surface area contributed by atoms with Crippen LogP contribution < -0.4 is 10.6 Å². The Bertz CT molecular complexity index is 887. The molecule has 0 bridgehead atoms. The summed E-state index contributed by atoms with van der Waals surface area (Å²) in [6.45, 7) is 2.42. The third kappa shape index (κ3) is 3.97. The van der Waals surface area contributed by atoms with E-state index in [4.69, 9.17) is 0 Å². The lowest BCUT2D eigenvalue weighted by Crippen LogP contribution is -2.28. The third-order valence-corrected chi connectivity index (χ3v) is 4.24. The van der Waals surface area contributed by atoms with Gasteiger partial charge in [-0.1, -0.05) is 41.7 Å². The maximum Gasteiger partial charge on any atom is 0.321 e. The van der Waals surface area contributed by atoms with Crippen LogP contribution in [0.2, 0.25) is 0 Å². The van der Waals surface area contributed by atoms with Crippen molar-refractivity contribution in [1.29, 1.82) is 0 Å². The van der Waals surface area contributed by atoms with Crippen molar-refractivity contribution in [2.24, 2.45) is 0 Å². The molecular weight excluding hydrogens is 325 g/mol. The highest BCUT2D eigenvalue weighted by molar-refractivity contribution is 7.22. The van der Waals surface area contributed by atoms with Gasteiger partial charge in [-0.3, -0.25) is 5.32 Å². The highest BCUT2D eigenvalue weighted by atomic mass is 32.1. The summed E-state index contributed by atoms with van der Waals surface area (Å²) in [5.74, 6) is -0.245. The highest BCUT2D eigenvalue weighted by Crippen LogP contribution is 2.27. The van der Waals surface area contributed by atoms with Crippen LogP contribution in [0.5, 0.6) is 0 Å². The number of anilines is 1. The van der Waals surface area contributed by atoms with E-state index < -0.39 is 0 Å². The SMILES string of the molecule is CCNC(=O)Nc1nc2ccc(/C=C\c3ccc(F)cc3)cc2s1. The van der Waals surface area contributed by atoms with Crippen LogP contribution in [0.15, 0.2) is 42.5 Å². The Morgan fingerprint density at radius 3 is 2.62 bits per heavy atom. The van der Waals surface area contributed by atoms with Crippen molar-refractivity contribution >= 4 is 44.9 Å². The van der Waals surface area contributed by atoms with E-state index in [1.165, 1.54) is 23.5 Å². The highest BCUT2D eigenvalue weighted by Gasteiger charge is 2.07. The maximum absolute atomic E-state index is 12.9. The first-order valence-corrected chi connectivity index (χ1v) is 8.35. The average molecular weight is 341 g/mol. The van der Waals surface area contributed by atoms with Crippen LogP contribution in [0.1, 0.15) is 18.1 Å². The van der Waals surface area contributed by atoms with Gasteiger partial charge in [-0.15, -0.1) is 0 Å². The molecule has 0 saturated heterocycles. The molecule has 2 N–H and O–H groups in total. The number of hydrogen-bond donors (Lipinski definition) is 2. The van der Waals surface area contributed by atoms with Gasteiger partial charge in [0.05, 0.1) is 10.2 Å². The third-order valence-electron chi connectivity index (χ3n) is 3.31. The van der Waals surface area contributed by atoms with Crippen LogP contribution in [-0.2, 0) is 0 Å². The van der Waals surface area contributed by atoms with Gasteiger partial charge < -0.3 is 5.32 Å². The number of nitrogens with one attached hydrogen (secondary N) is 2. The summed E-state index contributed by atoms with van der Waals surface area (Å²) in [6, 6.07) is 12.0. The van der Waals surface area contributed by atoms with E-state index in [0.29, 0.717) is 11.7 Å². The topological polar surface area (TPSA) is 54.0 Å². The van der Waals surface area contributed by atoms with Crippen LogP contribution in [0.25, 0.3) is 22.4 Å². The van der Waals surface area contributed by atoms with Gasteiger partial charge in [0.1, 0.15) is 5.82 Å². The first kappa shape index (κ1) is 16.1. The van der Waals surface area contributed by atoms with E-state index in [2.05, 4.69) is 15.6 Å². The average Bonchev–Trinajstić information content (AvgIpc) is 2.95. The summed E-state index contributed by atoms with van der Waals surface area (Å²) in [5.41, 5.74) is 2.78. The molecule has 2 aromatic carbocycles. The van der Waals surface area contributed by atoms with E-state index in [9.17, 15) is 9.18 Å². The lowest BCUT2D eigenvalue weighted by Gasteiger charge is -2.00. The first-order valence-electron chi connectivity index (χ1n) is 7.53. The fourth-order valence-electron chi connectivity index (χ4n) is 2.17. The molecule has 1 aromatic heterocycles. The van der Waals surface area contributed by atoms with Crippen LogP contribution in [0.3, 0.4) is 0 Å². The minimum Gasteiger partial charge on any atom is -0.338 e. The van der Waals surface area contributed by atoms with Crippen molar-refractivity contribution in [2.45, 2.75) is 6.92 Å². The van der Waals surface area contributed by atoms with Crippen molar-refractivity contribution in [1.82, 2.24) is 10.3 Å². The predicted octanol–water partition coefficient (Wildman–Crippen LogP) is 4.75. The predicted molar refractivity (Wildman–Crippen MR) is 97.6 cm³/mol. The molecular formula is C18H16FN3OS. The quantitative estimate of drug-likeness (QED) is 0.673. The number of rotatable bonds is 4. The normalized spacial score (nSPS) is 11.1. The van der Waals surface area contributed by atoms with Gasteiger partial charge >= 0.3 is 6.03 Å². The minimum absolute atomic E-state index is 0.245. The zero-order chi connectivity index (χ0) is 16.9. The maximum atomic E-state index is 12.9. The number of halogens is 1. The summed E-state index contributed by atoms with van der Waals surface area (Å²) in [4.78, 5) is 15.9. The molecule has 3 rings (SSSR count). The second-order valence-electron chi connectivity index (χ2n) is 5.12. The van der Waals surface area contributed by atoms with Crippen molar-refractivity contribution in [3.05, 3.63) is 59.4 Å². The summed E-state index contributed by atoms with van der Waals surface area (Å²) in [5, 5.41) is 5.95. The molecule has 0 spiro atoms. The molecule has 0 saturated carbocycles. The summed E-state index contributed by atoms with van der Waals surface area (Å²) >= 11 is 1.42. The Balaban J connectivity index is 1.78. The van der Waals surface area contributed by atoms with Crippen LogP contribution in [0, 0.1) is 5.82 Å². The Morgan fingerprint density at radius 2 is 1.88 bits per heavy atom. The zero-order valence-corrected chi connectivity index (χ0v) is 13.9. The van der Waals surface area contributed by atoms with Gasteiger partial charge in [0.15, 0.2) is 5.13 Å². The van der Waals surface area contributed by atoms with Crippen LogP contribution in [0.4, 0.5) is 14.3 Å². The van der Waals surface area contributed by atoms with Crippen molar-refractivity contribution in [3.8, 4) is 0 Å². The number of aromatic nitrogens is 1. The Labute approximate surface area is 143 Å². The molecule has 24 heavy (non-hydrogen) atoms. The molecule has 4 nitrogen and oxygen atoms in total. The summed E-state index contributed by atoms with van der Waals surface area (Å²) < 4.78 is 13.9.